The molecular weight excluding hydrogens is 271 g/mol. The van der Waals surface area contributed by atoms with Crippen molar-refractivity contribution in [1.82, 2.24) is 0 Å². The largest absolute Gasteiger partial charge is 0.290 e. The maximum Gasteiger partial charge on any atom is 0.280 e. The van der Waals surface area contributed by atoms with E-state index in [-0.39, 0.29) is 5.56 Å². The summed E-state index contributed by atoms with van der Waals surface area (Å²) in [5, 5.41) is 0. The molecule has 0 aromatic heterocycles. The molecule has 0 N–H and O–H groups in total. The number of halogens is 2. The number of hydrogen-bond acceptors (Lipinski definition) is 3. The van der Waals surface area contributed by atoms with Crippen LogP contribution >= 0.6 is 23.2 Å². The van der Waals surface area contributed by atoms with Crippen LogP contribution in [0, 0.1) is 6.92 Å². The van der Waals surface area contributed by atoms with Crippen molar-refractivity contribution in [3.8, 4) is 0 Å². The Morgan fingerprint density at radius 2 is 1.88 bits per heavy atom. The van der Waals surface area contributed by atoms with Gasteiger partial charge in [-0.15, -0.1) is 0 Å². The molecule has 0 spiro atoms. The van der Waals surface area contributed by atoms with Crippen LogP contribution < -0.4 is 0 Å². The first-order valence-electron chi connectivity index (χ1n) is 4.35. The molecule has 0 atom stereocenters. The minimum atomic E-state index is -3.88. The second-order valence-electron chi connectivity index (χ2n) is 3.49. The third-order valence-electron chi connectivity index (χ3n) is 2.01. The van der Waals surface area contributed by atoms with Crippen LogP contribution in [0.5, 0.6) is 0 Å². The highest BCUT2D eigenvalue weighted by atomic mass is 35.5. The molecule has 6 heteroatoms. The van der Waals surface area contributed by atoms with Crippen molar-refractivity contribution in [2.75, 3.05) is 6.26 Å². The Labute approximate surface area is 104 Å². The van der Waals surface area contributed by atoms with Crippen LogP contribution in [-0.2, 0) is 9.84 Å². The van der Waals surface area contributed by atoms with Gasteiger partial charge in [-0.25, -0.2) is 8.42 Å². The van der Waals surface area contributed by atoms with Gasteiger partial charge in [-0.1, -0.05) is 47.0 Å². The van der Waals surface area contributed by atoms with Crippen molar-refractivity contribution in [2.45, 2.75) is 10.6 Å². The lowest BCUT2D eigenvalue weighted by Gasteiger charge is -2.15. The van der Waals surface area contributed by atoms with Crippen LogP contribution in [-0.4, -0.2) is 24.1 Å². The fourth-order valence-electron chi connectivity index (χ4n) is 1.12. The van der Waals surface area contributed by atoms with Crippen molar-refractivity contribution < 1.29 is 13.2 Å². The molecule has 0 aliphatic rings. The van der Waals surface area contributed by atoms with E-state index < -0.39 is 19.3 Å². The van der Waals surface area contributed by atoms with Crippen molar-refractivity contribution in [1.29, 1.82) is 0 Å². The maximum atomic E-state index is 11.8. The number of Topliss-reactive ketones (excluding diaryl/α,β-unsaturated/α-hetero) is 1. The molecule has 3 nitrogen and oxygen atoms in total. The molecule has 0 saturated carbocycles. The third kappa shape index (κ3) is 2.56. The van der Waals surface area contributed by atoms with Crippen LogP contribution in [0.15, 0.2) is 24.3 Å². The molecule has 0 saturated heterocycles. The fraction of sp³-hybridized carbons (Fsp3) is 0.300. The number of ketones is 1. The number of sulfone groups is 1. The van der Waals surface area contributed by atoms with E-state index >= 15 is 0 Å². The van der Waals surface area contributed by atoms with E-state index in [0.29, 0.717) is 0 Å². The van der Waals surface area contributed by atoms with Gasteiger partial charge in [0.1, 0.15) is 0 Å². The zero-order valence-corrected chi connectivity index (χ0v) is 11.0. The first-order valence-corrected chi connectivity index (χ1v) is 7.00. The molecule has 0 amide bonds. The van der Waals surface area contributed by atoms with E-state index in [9.17, 15) is 13.2 Å². The highest BCUT2D eigenvalue weighted by Gasteiger charge is 2.44. The number of hydrogen-bond donors (Lipinski definition) is 0. The number of benzene rings is 1. The molecule has 1 rings (SSSR count). The summed E-state index contributed by atoms with van der Waals surface area (Å²) in [6.07, 6.45) is 0.820. The number of aryl methyl sites for hydroxylation is 1. The van der Waals surface area contributed by atoms with E-state index in [1.165, 1.54) is 12.1 Å². The highest BCUT2D eigenvalue weighted by molar-refractivity contribution is 7.95. The number of rotatable bonds is 3. The second-order valence-corrected chi connectivity index (χ2v) is 7.42. The van der Waals surface area contributed by atoms with Gasteiger partial charge in [0.15, 0.2) is 9.84 Å². The van der Waals surface area contributed by atoms with Gasteiger partial charge in [0.2, 0.25) is 5.78 Å². The van der Waals surface area contributed by atoms with Crippen molar-refractivity contribution in [3.05, 3.63) is 35.4 Å². The molecule has 88 valence electrons. The smallest absolute Gasteiger partial charge is 0.280 e. The molecule has 0 unspecified atom stereocenters. The molecule has 1 aromatic carbocycles. The molecule has 0 aliphatic carbocycles. The highest BCUT2D eigenvalue weighted by Crippen LogP contribution is 2.31. The molecule has 16 heavy (non-hydrogen) atoms. The summed E-state index contributed by atoms with van der Waals surface area (Å²) in [7, 11) is -3.88. The maximum absolute atomic E-state index is 11.8. The van der Waals surface area contributed by atoms with Crippen molar-refractivity contribution in [3.63, 3.8) is 0 Å². The summed E-state index contributed by atoms with van der Waals surface area (Å²) in [6.45, 7) is 1.78. The van der Waals surface area contributed by atoms with Crippen molar-refractivity contribution >= 4 is 38.8 Å². The van der Waals surface area contributed by atoms with Crippen LogP contribution in [0.4, 0.5) is 0 Å². The number of carbonyl (C=O) groups excluding carboxylic acids is 1. The third-order valence-corrected chi connectivity index (χ3v) is 5.15. The standard InChI is InChI=1S/C10H10Cl2O3S/c1-7-4-3-5-8(6-7)9(13)10(11,12)16(2,14)15/h3-6H,1-2H3. The van der Waals surface area contributed by atoms with Gasteiger partial charge >= 0.3 is 0 Å². The van der Waals surface area contributed by atoms with Gasteiger partial charge in [-0.2, -0.15) is 0 Å². The molecule has 0 fully saturated rings. The van der Waals surface area contributed by atoms with Crippen LogP contribution in [0.2, 0.25) is 0 Å². The second kappa shape index (κ2) is 4.35. The zero-order chi connectivity index (χ0) is 12.6. The average Bonchev–Trinajstić information content (AvgIpc) is 2.14. The van der Waals surface area contributed by atoms with Crippen LogP contribution in [0.3, 0.4) is 0 Å². The summed E-state index contributed by atoms with van der Waals surface area (Å²) < 4.78 is 20.1. The van der Waals surface area contributed by atoms with Crippen LogP contribution in [0.25, 0.3) is 0 Å². The van der Waals surface area contributed by atoms with Gasteiger partial charge < -0.3 is 0 Å². The molecule has 0 radical (unpaired) electrons. The van der Waals surface area contributed by atoms with Gasteiger partial charge in [0.25, 0.3) is 3.67 Å². The molecule has 0 bridgehead atoms. The monoisotopic (exact) mass is 280 g/mol. The minimum Gasteiger partial charge on any atom is -0.290 e. The Bertz CT molecular complexity index is 521. The Kier molecular flexibility index (Phi) is 3.67. The Hall–Kier alpha value is -0.580. The van der Waals surface area contributed by atoms with Crippen LogP contribution in [0.1, 0.15) is 15.9 Å². The topological polar surface area (TPSA) is 51.2 Å². The van der Waals surface area contributed by atoms with Gasteiger partial charge in [-0.3, -0.25) is 4.79 Å². The molecular formula is C10H10Cl2O3S. The molecule has 0 heterocycles. The normalized spacial score (nSPS) is 12.5. The summed E-state index contributed by atoms with van der Waals surface area (Å²) in [5.74, 6) is -0.831. The molecule has 0 aliphatic heterocycles. The lowest BCUT2D eigenvalue weighted by molar-refractivity contribution is 0.0996. The van der Waals surface area contributed by atoms with Crippen molar-refractivity contribution in [2.24, 2.45) is 0 Å². The summed E-state index contributed by atoms with van der Waals surface area (Å²) in [4.78, 5) is 11.8. The lowest BCUT2D eigenvalue weighted by Crippen LogP contribution is -2.34. The minimum absolute atomic E-state index is 0.176. The first kappa shape index (κ1) is 13.5. The van der Waals surface area contributed by atoms with E-state index in [0.717, 1.165) is 11.8 Å². The number of carbonyl (C=O) groups is 1. The van der Waals surface area contributed by atoms with E-state index in [2.05, 4.69) is 0 Å². The summed E-state index contributed by atoms with van der Waals surface area (Å²) in [6, 6.07) is 6.42. The predicted molar refractivity (Wildman–Crippen MR) is 64.8 cm³/mol. The van der Waals surface area contributed by atoms with E-state index in [1.54, 1.807) is 19.1 Å². The Morgan fingerprint density at radius 1 is 1.31 bits per heavy atom. The summed E-state index contributed by atoms with van der Waals surface area (Å²) >= 11 is 11.2. The zero-order valence-electron chi connectivity index (χ0n) is 8.70. The first-order chi connectivity index (χ1) is 7.16. The Balaban J connectivity index is 3.23. The van der Waals surface area contributed by atoms with Gasteiger partial charge in [-0.05, 0) is 13.0 Å². The summed E-state index contributed by atoms with van der Waals surface area (Å²) in [5.41, 5.74) is 0.999. The Morgan fingerprint density at radius 3 is 2.31 bits per heavy atom. The van der Waals surface area contributed by atoms with E-state index in [4.69, 9.17) is 23.2 Å². The lowest BCUT2D eigenvalue weighted by atomic mass is 10.1. The van der Waals surface area contributed by atoms with Gasteiger partial charge in [0, 0.05) is 11.8 Å². The fourth-order valence-corrected chi connectivity index (χ4v) is 1.80. The number of alkyl halides is 2. The molecule has 1 aromatic rings. The van der Waals surface area contributed by atoms with Gasteiger partial charge in [0.05, 0.1) is 0 Å². The average molecular weight is 281 g/mol. The predicted octanol–water partition coefficient (Wildman–Crippen LogP) is 2.35. The SMILES string of the molecule is Cc1cccc(C(=O)C(Cl)(Cl)S(C)(=O)=O)c1. The quantitative estimate of drug-likeness (QED) is 0.631. The van der Waals surface area contributed by atoms with E-state index in [1.807, 2.05) is 0 Å².